The van der Waals surface area contributed by atoms with E-state index in [1.54, 1.807) is 11.9 Å². The van der Waals surface area contributed by atoms with E-state index in [-0.39, 0.29) is 0 Å². The van der Waals surface area contributed by atoms with Crippen LogP contribution in [0.2, 0.25) is 0 Å². The van der Waals surface area contributed by atoms with Gasteiger partial charge < -0.3 is 5.32 Å². The Morgan fingerprint density at radius 1 is 1.06 bits per heavy atom. The van der Waals surface area contributed by atoms with Crippen molar-refractivity contribution in [3.05, 3.63) is 0 Å². The predicted octanol–water partition coefficient (Wildman–Crippen LogP) is 3.30. The lowest BCUT2D eigenvalue weighted by atomic mass is 9.80. The Kier molecular flexibility index (Phi) is 11.9. The van der Waals surface area contributed by atoms with Crippen LogP contribution in [-0.4, -0.2) is 26.4 Å². The maximum atomic E-state index is 3.38. The number of hydrogen-bond acceptors (Lipinski definition) is 3. The zero-order valence-corrected chi connectivity index (χ0v) is 12.3. The highest BCUT2D eigenvalue weighted by Gasteiger charge is 2.20. The van der Waals surface area contributed by atoms with Crippen molar-refractivity contribution in [2.45, 2.75) is 46.0 Å². The summed E-state index contributed by atoms with van der Waals surface area (Å²) in [6, 6.07) is 0. The third kappa shape index (κ3) is 7.53. The minimum absolute atomic E-state index is 0.938. The van der Waals surface area contributed by atoms with Gasteiger partial charge in [0.2, 0.25) is 0 Å². The maximum Gasteiger partial charge on any atom is 0.00867 e. The lowest BCUT2D eigenvalue weighted by Gasteiger charge is -2.28. The van der Waals surface area contributed by atoms with E-state index in [4.69, 9.17) is 0 Å². The van der Waals surface area contributed by atoms with Crippen molar-refractivity contribution < 1.29 is 0 Å². The molecule has 0 aliphatic heterocycles. The Morgan fingerprint density at radius 2 is 1.62 bits per heavy atom. The second-order valence-corrected chi connectivity index (χ2v) is 5.03. The molecule has 1 aliphatic rings. The molecule has 2 nitrogen and oxygen atoms in total. The molecule has 1 rings (SSSR count). The molecule has 0 atom stereocenters. The first-order valence-corrected chi connectivity index (χ1v) is 7.99. The van der Waals surface area contributed by atoms with Crippen molar-refractivity contribution in [3.8, 4) is 0 Å². The summed E-state index contributed by atoms with van der Waals surface area (Å²) in [5, 5.41) is 3.24. The second-order valence-electron chi connectivity index (χ2n) is 4.33. The van der Waals surface area contributed by atoms with Gasteiger partial charge in [-0.3, -0.25) is 4.72 Å². The van der Waals surface area contributed by atoms with Crippen LogP contribution in [0.5, 0.6) is 0 Å². The molecule has 98 valence electrons. The molecule has 2 N–H and O–H groups in total. The van der Waals surface area contributed by atoms with E-state index in [0.29, 0.717) is 0 Å². The van der Waals surface area contributed by atoms with Gasteiger partial charge in [-0.1, -0.05) is 38.6 Å². The molecule has 16 heavy (non-hydrogen) atoms. The Morgan fingerprint density at radius 3 is 2.12 bits per heavy atom. The molecule has 0 radical (unpaired) electrons. The van der Waals surface area contributed by atoms with E-state index in [1.165, 1.54) is 45.2 Å². The van der Waals surface area contributed by atoms with E-state index < -0.39 is 0 Å². The van der Waals surface area contributed by atoms with Gasteiger partial charge in [0.25, 0.3) is 0 Å². The molecule has 0 heterocycles. The summed E-state index contributed by atoms with van der Waals surface area (Å²) in [4.78, 5) is 0. The first-order chi connectivity index (χ1) is 7.86. The molecule has 0 unspecified atom stereocenters. The molecular formula is C13H30N2S. The Bertz CT molecular complexity index is 118. The van der Waals surface area contributed by atoms with Crippen molar-refractivity contribution in [2.24, 2.45) is 11.8 Å². The van der Waals surface area contributed by atoms with Gasteiger partial charge in [0.1, 0.15) is 0 Å². The van der Waals surface area contributed by atoms with E-state index in [2.05, 4.69) is 16.3 Å². The molecule has 0 aromatic rings. The summed E-state index contributed by atoms with van der Waals surface area (Å²) in [5.41, 5.74) is 0. The van der Waals surface area contributed by atoms with Crippen LogP contribution >= 0.6 is 11.9 Å². The third-order valence-electron chi connectivity index (χ3n) is 3.29. The molecule has 0 bridgehead atoms. The first-order valence-electron chi connectivity index (χ1n) is 6.77. The highest BCUT2D eigenvalue weighted by molar-refractivity contribution is 7.96. The smallest absolute Gasteiger partial charge is 0.00867 e. The zero-order chi connectivity index (χ0) is 12.2. The van der Waals surface area contributed by atoms with Crippen molar-refractivity contribution in [3.63, 3.8) is 0 Å². The molecule has 1 saturated carbocycles. The van der Waals surface area contributed by atoms with Gasteiger partial charge in [-0.05, 0) is 50.9 Å². The summed E-state index contributed by atoms with van der Waals surface area (Å²) in [7, 11) is 2.05. The zero-order valence-electron chi connectivity index (χ0n) is 11.5. The van der Waals surface area contributed by atoms with Crippen molar-refractivity contribution in [1.29, 1.82) is 0 Å². The molecule has 1 fully saturated rings. The first kappa shape index (κ1) is 16.3. The molecule has 0 saturated heterocycles. The van der Waals surface area contributed by atoms with Gasteiger partial charge >= 0.3 is 0 Å². The predicted molar refractivity (Wildman–Crippen MR) is 76.9 cm³/mol. The lowest BCUT2D eigenvalue weighted by molar-refractivity contribution is 0.264. The number of hydrogen-bond donors (Lipinski definition) is 2. The Labute approximate surface area is 106 Å². The minimum Gasteiger partial charge on any atom is -0.320 e. The normalized spacial score (nSPS) is 24.8. The van der Waals surface area contributed by atoms with Crippen LogP contribution in [0.4, 0.5) is 0 Å². The topological polar surface area (TPSA) is 24.1 Å². The molecule has 0 aromatic carbocycles. The summed E-state index contributed by atoms with van der Waals surface area (Å²) >= 11 is 1.75. The fourth-order valence-electron chi connectivity index (χ4n) is 2.27. The maximum absolute atomic E-state index is 3.38. The van der Waals surface area contributed by atoms with Gasteiger partial charge in [0.15, 0.2) is 0 Å². The lowest BCUT2D eigenvalue weighted by Crippen LogP contribution is -2.24. The second kappa shape index (κ2) is 11.7. The van der Waals surface area contributed by atoms with E-state index in [0.717, 1.165) is 11.8 Å². The molecule has 0 aromatic heterocycles. The standard InChI is InChI=1S/C11H24N2S.C2H6/c1-12-8-7-10-3-5-11(6-4-10)9-13-14-2;1-2/h10-13H,3-9H2,1-2H3;1-2H3. The number of nitrogens with one attached hydrogen (secondary N) is 2. The van der Waals surface area contributed by atoms with E-state index >= 15 is 0 Å². The highest BCUT2D eigenvalue weighted by atomic mass is 32.2. The monoisotopic (exact) mass is 246 g/mol. The minimum atomic E-state index is 0.938. The van der Waals surface area contributed by atoms with Crippen LogP contribution in [0.15, 0.2) is 0 Å². The van der Waals surface area contributed by atoms with Crippen LogP contribution in [0.25, 0.3) is 0 Å². The van der Waals surface area contributed by atoms with Crippen LogP contribution < -0.4 is 10.0 Å². The molecular weight excluding hydrogens is 216 g/mol. The summed E-state index contributed by atoms with van der Waals surface area (Å²) in [6.45, 7) is 6.40. The summed E-state index contributed by atoms with van der Waals surface area (Å²) < 4.78 is 3.38. The van der Waals surface area contributed by atoms with Gasteiger partial charge in [-0.25, -0.2) is 0 Å². The average molecular weight is 246 g/mol. The fraction of sp³-hybridized carbons (Fsp3) is 1.00. The molecule has 3 heteroatoms. The average Bonchev–Trinajstić information content (AvgIpc) is 2.37. The van der Waals surface area contributed by atoms with E-state index in [9.17, 15) is 0 Å². The summed E-state index contributed by atoms with van der Waals surface area (Å²) in [6.07, 6.45) is 9.24. The van der Waals surface area contributed by atoms with Crippen molar-refractivity contribution in [2.75, 3.05) is 26.4 Å². The van der Waals surface area contributed by atoms with Crippen molar-refractivity contribution >= 4 is 11.9 Å². The quantitative estimate of drug-likeness (QED) is 0.703. The van der Waals surface area contributed by atoms with Crippen molar-refractivity contribution in [1.82, 2.24) is 10.0 Å². The Hall–Kier alpha value is 0.270. The van der Waals surface area contributed by atoms with Crippen LogP contribution in [0, 0.1) is 11.8 Å². The molecule has 0 spiro atoms. The summed E-state index contributed by atoms with van der Waals surface area (Å²) in [5.74, 6) is 1.93. The van der Waals surface area contributed by atoms with Crippen LogP contribution in [-0.2, 0) is 0 Å². The SMILES string of the molecule is CC.CNCCC1CCC(CNSC)CC1. The van der Waals surface area contributed by atoms with Crippen LogP contribution in [0.1, 0.15) is 46.0 Å². The van der Waals surface area contributed by atoms with Gasteiger partial charge in [0, 0.05) is 6.54 Å². The fourth-order valence-corrected chi connectivity index (χ4v) is 2.68. The Balaban J connectivity index is 0.00000106. The van der Waals surface area contributed by atoms with Crippen LogP contribution in [0.3, 0.4) is 0 Å². The largest absolute Gasteiger partial charge is 0.320 e. The van der Waals surface area contributed by atoms with Gasteiger partial charge in [-0.15, -0.1) is 0 Å². The van der Waals surface area contributed by atoms with E-state index in [1.807, 2.05) is 20.9 Å². The number of rotatable bonds is 6. The van der Waals surface area contributed by atoms with Gasteiger partial charge in [-0.2, -0.15) is 0 Å². The molecule has 0 amide bonds. The third-order valence-corrected chi connectivity index (χ3v) is 3.74. The van der Waals surface area contributed by atoms with Gasteiger partial charge in [0.05, 0.1) is 0 Å². The molecule has 1 aliphatic carbocycles. The highest BCUT2D eigenvalue weighted by Crippen LogP contribution is 2.30.